The van der Waals surface area contributed by atoms with E-state index in [1.54, 1.807) is 11.7 Å². The Balaban J connectivity index is 1.85. The fraction of sp³-hybridized carbons (Fsp3) is 0.292. The van der Waals surface area contributed by atoms with Crippen LogP contribution in [0, 0.1) is 5.92 Å². The zero-order chi connectivity index (χ0) is 22.0. The van der Waals surface area contributed by atoms with Crippen LogP contribution in [0.3, 0.4) is 0 Å². The quantitative estimate of drug-likeness (QED) is 0.447. The highest BCUT2D eigenvalue weighted by molar-refractivity contribution is 6.08. The van der Waals surface area contributed by atoms with E-state index in [4.69, 9.17) is 25.2 Å². The van der Waals surface area contributed by atoms with Crippen molar-refractivity contribution in [1.82, 2.24) is 14.5 Å². The number of para-hydroxylation sites is 3. The van der Waals surface area contributed by atoms with Gasteiger partial charge in [0, 0.05) is 5.56 Å². The van der Waals surface area contributed by atoms with Gasteiger partial charge in [0.2, 0.25) is 0 Å². The van der Waals surface area contributed by atoms with E-state index in [0.717, 1.165) is 23.3 Å². The van der Waals surface area contributed by atoms with E-state index in [9.17, 15) is 4.79 Å². The summed E-state index contributed by atoms with van der Waals surface area (Å²) in [4.78, 5) is 22.5. The lowest BCUT2D eigenvalue weighted by molar-refractivity contribution is 0.0491. The van der Waals surface area contributed by atoms with Gasteiger partial charge in [-0.3, -0.25) is 0 Å². The van der Waals surface area contributed by atoms with Gasteiger partial charge in [-0.2, -0.15) is 0 Å². The van der Waals surface area contributed by atoms with Gasteiger partial charge >= 0.3 is 5.97 Å². The lowest BCUT2D eigenvalue weighted by Gasteiger charge is -2.11. The highest BCUT2D eigenvalue weighted by Crippen LogP contribution is 2.31. The maximum absolute atomic E-state index is 13.0. The van der Waals surface area contributed by atoms with Gasteiger partial charge in [-0.05, 0) is 30.5 Å². The van der Waals surface area contributed by atoms with E-state index in [1.165, 1.54) is 0 Å². The molecule has 0 unspecified atom stereocenters. The van der Waals surface area contributed by atoms with Crippen molar-refractivity contribution >= 4 is 34.0 Å². The number of fused-ring (bicyclic) bond motifs is 2. The molecule has 2 N–H and O–H groups in total. The average molecular weight is 418 g/mol. The molecule has 0 aliphatic carbocycles. The van der Waals surface area contributed by atoms with Gasteiger partial charge in [-0.15, -0.1) is 0 Å². The maximum Gasteiger partial charge on any atom is 0.344 e. The Kier molecular flexibility index (Phi) is 5.75. The summed E-state index contributed by atoms with van der Waals surface area (Å²) in [5, 5.41) is 0. The van der Waals surface area contributed by atoms with Gasteiger partial charge in [0.25, 0.3) is 0 Å². The highest BCUT2D eigenvalue weighted by Gasteiger charge is 2.25. The predicted octanol–water partition coefficient (Wildman–Crippen LogP) is 4.43. The number of benzene rings is 2. The van der Waals surface area contributed by atoms with Crippen molar-refractivity contribution in [3.8, 4) is 5.75 Å². The molecule has 0 aliphatic heterocycles. The van der Waals surface area contributed by atoms with Crippen LogP contribution in [0.15, 0.2) is 48.5 Å². The first-order valence-corrected chi connectivity index (χ1v) is 10.3. The molecule has 0 fully saturated rings. The summed E-state index contributed by atoms with van der Waals surface area (Å²) in [6.07, 6.45) is 0.778. The van der Waals surface area contributed by atoms with Gasteiger partial charge in [0.05, 0.1) is 31.3 Å². The minimum Gasteiger partial charge on any atom is -0.496 e. The van der Waals surface area contributed by atoms with Crippen molar-refractivity contribution in [1.29, 1.82) is 0 Å². The number of esters is 1. The van der Waals surface area contributed by atoms with Crippen molar-refractivity contribution < 1.29 is 14.3 Å². The molecule has 0 saturated heterocycles. The van der Waals surface area contributed by atoms with Crippen LogP contribution < -0.4 is 10.5 Å². The van der Waals surface area contributed by atoms with Crippen LogP contribution in [0.25, 0.3) is 22.2 Å². The second kappa shape index (κ2) is 8.63. The van der Waals surface area contributed by atoms with Gasteiger partial charge in [0.15, 0.2) is 5.65 Å². The molecule has 7 heteroatoms. The number of methoxy groups -OCH3 is 1. The van der Waals surface area contributed by atoms with Crippen LogP contribution >= 0.6 is 0 Å². The first-order chi connectivity index (χ1) is 15.0. The molecule has 2 heterocycles. The second-order valence-electron chi connectivity index (χ2n) is 7.86. The number of carbonyl (C=O) groups is 1. The zero-order valence-corrected chi connectivity index (χ0v) is 18.0. The summed E-state index contributed by atoms with van der Waals surface area (Å²) >= 11 is 0. The number of aromatic nitrogens is 3. The lowest BCUT2D eigenvalue weighted by Crippen LogP contribution is -2.12. The highest BCUT2D eigenvalue weighted by atomic mass is 16.5. The van der Waals surface area contributed by atoms with Crippen molar-refractivity contribution in [2.24, 2.45) is 5.92 Å². The van der Waals surface area contributed by atoms with Gasteiger partial charge < -0.3 is 19.8 Å². The number of hydrogen-bond acceptors (Lipinski definition) is 6. The van der Waals surface area contributed by atoms with Gasteiger partial charge in [-0.25, -0.2) is 14.8 Å². The molecular formula is C24H26N4O3. The molecule has 0 atom stereocenters. The molecule has 2 aromatic carbocycles. The van der Waals surface area contributed by atoms with Gasteiger partial charge in [-0.1, -0.05) is 44.2 Å². The number of hydrogen-bond donors (Lipinski definition) is 1. The van der Waals surface area contributed by atoms with Crippen LogP contribution in [-0.2, 0) is 11.3 Å². The van der Waals surface area contributed by atoms with Crippen LogP contribution in [0.2, 0.25) is 0 Å². The molecule has 0 saturated carbocycles. The van der Waals surface area contributed by atoms with E-state index in [-0.39, 0.29) is 11.4 Å². The van der Waals surface area contributed by atoms with E-state index in [2.05, 4.69) is 13.8 Å². The van der Waals surface area contributed by atoms with E-state index >= 15 is 0 Å². The molecular weight excluding hydrogens is 392 g/mol. The van der Waals surface area contributed by atoms with Crippen molar-refractivity contribution in [3.63, 3.8) is 0 Å². The number of ether oxygens (including phenoxy) is 2. The fourth-order valence-corrected chi connectivity index (χ4v) is 3.54. The SMILES string of the molecule is COc1ccccc1Cn1c(N)c(C(=O)OCCC(C)C)c2nc3ccccc3nc21. The maximum atomic E-state index is 13.0. The Morgan fingerprint density at radius 3 is 2.45 bits per heavy atom. The summed E-state index contributed by atoms with van der Waals surface area (Å²) in [6, 6.07) is 15.2. The molecule has 0 aliphatic rings. The molecule has 0 bridgehead atoms. The molecule has 0 radical (unpaired) electrons. The number of rotatable bonds is 7. The van der Waals surface area contributed by atoms with Crippen LogP contribution in [0.5, 0.6) is 5.75 Å². The zero-order valence-electron chi connectivity index (χ0n) is 18.0. The Labute approximate surface area is 180 Å². The molecule has 160 valence electrons. The molecule has 2 aromatic heterocycles. The monoisotopic (exact) mass is 418 g/mol. The molecule has 7 nitrogen and oxygen atoms in total. The van der Waals surface area contributed by atoms with E-state index in [0.29, 0.717) is 35.8 Å². The summed E-state index contributed by atoms with van der Waals surface area (Å²) in [6.45, 7) is 4.88. The van der Waals surface area contributed by atoms with Crippen molar-refractivity contribution in [2.75, 3.05) is 19.5 Å². The minimum absolute atomic E-state index is 0.256. The number of nitrogen functional groups attached to an aromatic ring is 1. The third-order valence-electron chi connectivity index (χ3n) is 5.25. The summed E-state index contributed by atoms with van der Waals surface area (Å²) in [5.41, 5.74) is 10.1. The topological polar surface area (TPSA) is 92.3 Å². The van der Waals surface area contributed by atoms with Crippen LogP contribution in [0.4, 0.5) is 5.82 Å². The summed E-state index contributed by atoms with van der Waals surface area (Å²) < 4.78 is 12.8. The Morgan fingerprint density at radius 2 is 1.74 bits per heavy atom. The van der Waals surface area contributed by atoms with Crippen LogP contribution in [0.1, 0.15) is 36.2 Å². The number of nitrogens with zero attached hydrogens (tertiary/aromatic N) is 3. The first-order valence-electron chi connectivity index (χ1n) is 10.3. The van der Waals surface area contributed by atoms with Crippen molar-refractivity contribution in [2.45, 2.75) is 26.8 Å². The summed E-state index contributed by atoms with van der Waals surface area (Å²) in [7, 11) is 1.63. The Hall–Kier alpha value is -3.61. The largest absolute Gasteiger partial charge is 0.496 e. The lowest BCUT2D eigenvalue weighted by atomic mass is 10.1. The third kappa shape index (κ3) is 4.03. The van der Waals surface area contributed by atoms with Gasteiger partial charge in [0.1, 0.15) is 22.6 Å². The molecule has 4 rings (SSSR count). The van der Waals surface area contributed by atoms with E-state index in [1.807, 2.05) is 48.5 Å². The average Bonchev–Trinajstić information content (AvgIpc) is 3.02. The molecule has 4 aromatic rings. The Bertz CT molecular complexity index is 1250. The third-order valence-corrected chi connectivity index (χ3v) is 5.25. The molecule has 31 heavy (non-hydrogen) atoms. The second-order valence-corrected chi connectivity index (χ2v) is 7.86. The van der Waals surface area contributed by atoms with Crippen molar-refractivity contribution in [3.05, 3.63) is 59.7 Å². The number of nitrogens with two attached hydrogens (primary N) is 1. The first kappa shape index (κ1) is 20.7. The predicted molar refractivity (Wildman–Crippen MR) is 121 cm³/mol. The molecule has 0 amide bonds. The smallest absolute Gasteiger partial charge is 0.344 e. The number of anilines is 1. The normalized spacial score (nSPS) is 11.4. The Morgan fingerprint density at radius 1 is 1.06 bits per heavy atom. The number of carbonyl (C=O) groups excluding carboxylic acids is 1. The fourth-order valence-electron chi connectivity index (χ4n) is 3.54. The minimum atomic E-state index is -0.480. The standard InChI is InChI=1S/C24H26N4O3/c1-15(2)12-13-31-24(29)20-21-23(27-18-10-6-5-9-17(18)26-21)28(22(20)25)14-16-8-4-7-11-19(16)30-3/h4-11,15H,12-14,25H2,1-3H3. The van der Waals surface area contributed by atoms with Crippen LogP contribution in [-0.4, -0.2) is 34.2 Å². The molecule has 0 spiro atoms. The van der Waals surface area contributed by atoms with E-state index < -0.39 is 5.97 Å². The summed E-state index contributed by atoms with van der Waals surface area (Å²) in [5.74, 6) is 0.969.